The molecule has 3 aromatic carbocycles. The van der Waals surface area contributed by atoms with E-state index >= 15 is 0 Å². The Bertz CT molecular complexity index is 1830. The molecule has 1 aromatic heterocycles. The number of aromatic nitrogens is 1. The quantitative estimate of drug-likeness (QED) is 0.208. The fourth-order valence-electron chi connectivity index (χ4n) is 5.41. The second-order valence-corrected chi connectivity index (χ2v) is 12.1. The van der Waals surface area contributed by atoms with E-state index in [9.17, 15) is 9.59 Å². The molecular weight excluding hydrogens is 544 g/mol. The number of carbonyl (C=O) groups is 1. The van der Waals surface area contributed by atoms with E-state index in [1.807, 2.05) is 62.4 Å². The molecule has 4 aromatic rings. The Labute approximate surface area is 250 Å². The summed E-state index contributed by atoms with van der Waals surface area (Å²) < 4.78 is 13.9. The highest BCUT2D eigenvalue weighted by molar-refractivity contribution is 7.07. The van der Waals surface area contributed by atoms with Crippen LogP contribution in [0.4, 0.5) is 0 Å². The first-order valence-corrected chi connectivity index (χ1v) is 15.5. The molecule has 1 aliphatic heterocycles. The van der Waals surface area contributed by atoms with E-state index in [-0.39, 0.29) is 18.3 Å². The molecular formula is C35H38N2O4S. The van der Waals surface area contributed by atoms with Crippen molar-refractivity contribution in [2.75, 3.05) is 6.61 Å². The Kier molecular flexibility index (Phi) is 8.78. The number of thiazole rings is 1. The van der Waals surface area contributed by atoms with E-state index < -0.39 is 12.0 Å². The van der Waals surface area contributed by atoms with Gasteiger partial charge in [0.05, 0.1) is 34.6 Å². The van der Waals surface area contributed by atoms with Gasteiger partial charge in [-0.15, -0.1) is 0 Å². The van der Waals surface area contributed by atoms with Crippen LogP contribution in [0.25, 0.3) is 16.8 Å². The zero-order valence-corrected chi connectivity index (χ0v) is 26.0. The van der Waals surface area contributed by atoms with E-state index in [1.54, 1.807) is 11.5 Å². The van der Waals surface area contributed by atoms with Crippen molar-refractivity contribution in [3.05, 3.63) is 108 Å². The van der Waals surface area contributed by atoms with Crippen molar-refractivity contribution in [3.8, 4) is 5.75 Å². The summed E-state index contributed by atoms with van der Waals surface area (Å²) in [7, 11) is 0. The van der Waals surface area contributed by atoms with Crippen molar-refractivity contribution in [1.82, 2.24) is 4.57 Å². The summed E-state index contributed by atoms with van der Waals surface area (Å²) in [5.41, 5.74) is 3.81. The molecule has 218 valence electrons. The summed E-state index contributed by atoms with van der Waals surface area (Å²) in [6, 6.07) is 19.6. The molecule has 5 rings (SSSR count). The first-order valence-electron chi connectivity index (χ1n) is 14.7. The zero-order valence-electron chi connectivity index (χ0n) is 25.1. The molecule has 0 fully saturated rings. The average molecular weight is 583 g/mol. The van der Waals surface area contributed by atoms with E-state index in [4.69, 9.17) is 14.5 Å². The molecule has 42 heavy (non-hydrogen) atoms. The third-order valence-corrected chi connectivity index (χ3v) is 8.36. The molecule has 0 aliphatic carbocycles. The number of allylic oxidation sites excluding steroid dienone is 1. The molecule has 0 saturated carbocycles. The van der Waals surface area contributed by atoms with Crippen LogP contribution in [0.3, 0.4) is 0 Å². The van der Waals surface area contributed by atoms with Gasteiger partial charge in [-0.25, -0.2) is 9.79 Å². The Balaban J connectivity index is 1.79. The van der Waals surface area contributed by atoms with E-state index in [2.05, 4.69) is 39.0 Å². The predicted molar refractivity (Wildman–Crippen MR) is 170 cm³/mol. The summed E-state index contributed by atoms with van der Waals surface area (Å²) in [6.45, 7) is 12.4. The number of esters is 1. The van der Waals surface area contributed by atoms with Crippen molar-refractivity contribution in [3.63, 3.8) is 0 Å². The number of carbonyl (C=O) groups excluding carboxylic acids is 1. The Morgan fingerprint density at radius 2 is 1.76 bits per heavy atom. The van der Waals surface area contributed by atoms with Crippen molar-refractivity contribution in [2.45, 2.75) is 72.4 Å². The summed E-state index contributed by atoms with van der Waals surface area (Å²) >= 11 is 1.34. The number of hydrogen-bond acceptors (Lipinski definition) is 6. The minimum atomic E-state index is -0.635. The van der Waals surface area contributed by atoms with Crippen molar-refractivity contribution < 1.29 is 14.3 Å². The number of ether oxygens (including phenoxy) is 2. The summed E-state index contributed by atoms with van der Waals surface area (Å²) in [4.78, 5) is 33.3. The maximum absolute atomic E-state index is 14.3. The van der Waals surface area contributed by atoms with Crippen LogP contribution in [0.15, 0.2) is 81.7 Å². The summed E-state index contributed by atoms with van der Waals surface area (Å²) in [6.07, 6.45) is 3.30. The van der Waals surface area contributed by atoms with Gasteiger partial charge in [0.2, 0.25) is 0 Å². The molecule has 7 heteroatoms. The minimum Gasteiger partial charge on any atom is -0.490 e. The molecule has 0 saturated heterocycles. The topological polar surface area (TPSA) is 69.9 Å². The Hall–Kier alpha value is -3.97. The van der Waals surface area contributed by atoms with Crippen LogP contribution in [0, 0.1) is 0 Å². The van der Waals surface area contributed by atoms with Gasteiger partial charge >= 0.3 is 5.97 Å². The van der Waals surface area contributed by atoms with E-state index in [0.29, 0.717) is 38.7 Å². The highest BCUT2D eigenvalue weighted by Crippen LogP contribution is 2.34. The Morgan fingerprint density at radius 1 is 1.02 bits per heavy atom. The molecule has 0 bridgehead atoms. The maximum atomic E-state index is 14.3. The van der Waals surface area contributed by atoms with Crippen LogP contribution in [-0.4, -0.2) is 23.2 Å². The third kappa shape index (κ3) is 5.71. The number of fused-ring (bicyclic) bond motifs is 2. The third-order valence-electron chi connectivity index (χ3n) is 7.38. The van der Waals surface area contributed by atoms with Crippen molar-refractivity contribution >= 4 is 34.2 Å². The minimum absolute atomic E-state index is 0.0305. The van der Waals surface area contributed by atoms with Gasteiger partial charge in [-0.2, -0.15) is 0 Å². The highest BCUT2D eigenvalue weighted by atomic mass is 32.1. The van der Waals surface area contributed by atoms with Crippen LogP contribution < -0.4 is 19.6 Å². The summed E-state index contributed by atoms with van der Waals surface area (Å²) in [5, 5.41) is 2.06. The molecule has 2 heterocycles. The second kappa shape index (κ2) is 12.5. The average Bonchev–Trinajstić information content (AvgIpc) is 3.27. The first kappa shape index (κ1) is 29.5. The van der Waals surface area contributed by atoms with Gasteiger partial charge in [-0.1, -0.05) is 93.1 Å². The van der Waals surface area contributed by atoms with Gasteiger partial charge in [0.1, 0.15) is 5.75 Å². The van der Waals surface area contributed by atoms with E-state index in [0.717, 1.165) is 28.3 Å². The van der Waals surface area contributed by atoms with Gasteiger partial charge in [0, 0.05) is 5.56 Å². The molecule has 1 atom stereocenters. The zero-order chi connectivity index (χ0) is 30.0. The molecule has 1 aliphatic rings. The number of rotatable bonds is 9. The lowest BCUT2D eigenvalue weighted by molar-refractivity contribution is -0.139. The number of hydrogen-bond donors (Lipinski definition) is 0. The predicted octanol–water partition coefficient (Wildman–Crippen LogP) is 6.64. The summed E-state index contributed by atoms with van der Waals surface area (Å²) in [5.74, 6) is 0.646. The van der Waals surface area contributed by atoms with Crippen LogP contribution in [0.2, 0.25) is 0 Å². The Morgan fingerprint density at radius 3 is 2.43 bits per heavy atom. The van der Waals surface area contributed by atoms with Crippen LogP contribution in [-0.2, 0) is 9.53 Å². The highest BCUT2D eigenvalue weighted by Gasteiger charge is 2.34. The smallest absolute Gasteiger partial charge is 0.338 e. The van der Waals surface area contributed by atoms with Crippen LogP contribution in [0.5, 0.6) is 5.75 Å². The fourth-order valence-corrected chi connectivity index (χ4v) is 6.41. The SMILES string of the molecule is CCCC1=C(C(=O)OCC)[C@H](c2ccc(C(C)C)cc2)n2c(s/c(=C\c3c(OC(C)C)ccc4ccccc34)c2=O)=N1. The van der Waals surface area contributed by atoms with Gasteiger partial charge in [0.15, 0.2) is 4.80 Å². The van der Waals surface area contributed by atoms with Gasteiger partial charge in [0.25, 0.3) is 5.56 Å². The molecule has 0 amide bonds. The van der Waals surface area contributed by atoms with Crippen LogP contribution >= 0.6 is 11.3 Å². The van der Waals surface area contributed by atoms with E-state index in [1.165, 1.54) is 16.9 Å². The lowest BCUT2D eigenvalue weighted by Gasteiger charge is -2.26. The normalized spacial score (nSPS) is 15.3. The number of nitrogens with zero attached hydrogens (tertiary/aromatic N) is 2. The number of benzene rings is 3. The monoisotopic (exact) mass is 582 g/mol. The van der Waals surface area contributed by atoms with Gasteiger partial charge in [-0.3, -0.25) is 9.36 Å². The van der Waals surface area contributed by atoms with Crippen LogP contribution in [0.1, 0.15) is 83.0 Å². The first-order chi connectivity index (χ1) is 20.2. The van der Waals surface area contributed by atoms with Gasteiger partial charge in [-0.05, 0) is 67.2 Å². The van der Waals surface area contributed by atoms with Crippen molar-refractivity contribution in [2.24, 2.45) is 4.99 Å². The fraction of sp³-hybridized carbons (Fsp3) is 0.343. The molecule has 0 unspecified atom stereocenters. The molecule has 0 N–H and O–H groups in total. The lowest BCUT2D eigenvalue weighted by Crippen LogP contribution is -2.40. The standard InChI is InChI=1S/C35H38N2O4S/c1-7-11-28-31(34(39)40-8-2)32(25-16-14-23(15-17-25)21(3)4)37-33(38)30(42-35(37)36-28)20-27-26-13-10-9-12-24(26)18-19-29(27)41-22(5)6/h9-10,12-22,32H,7-8,11H2,1-6H3/b30-20-/t32-/m0/s1. The second-order valence-electron chi connectivity index (χ2n) is 11.1. The maximum Gasteiger partial charge on any atom is 0.338 e. The van der Waals surface area contributed by atoms with Gasteiger partial charge < -0.3 is 9.47 Å². The lowest BCUT2D eigenvalue weighted by atomic mass is 9.92. The molecule has 0 radical (unpaired) electrons. The molecule has 0 spiro atoms. The molecule has 6 nitrogen and oxygen atoms in total. The van der Waals surface area contributed by atoms with Crippen molar-refractivity contribution in [1.29, 1.82) is 0 Å². The largest absolute Gasteiger partial charge is 0.490 e.